The lowest BCUT2D eigenvalue weighted by Crippen LogP contribution is -2.50. The molecule has 3 aromatic rings. The Bertz CT molecular complexity index is 1490. The summed E-state index contributed by atoms with van der Waals surface area (Å²) in [6.07, 6.45) is 24.7. The molecule has 262 valence electrons. The molecule has 0 amide bonds. The van der Waals surface area contributed by atoms with Gasteiger partial charge in [-0.3, -0.25) is 0 Å². The van der Waals surface area contributed by atoms with Crippen molar-refractivity contribution in [2.24, 2.45) is 0 Å². The lowest BCUT2D eigenvalue weighted by molar-refractivity contribution is 0.451. The summed E-state index contributed by atoms with van der Waals surface area (Å²) in [6, 6.07) is 28.1. The first-order valence-electron chi connectivity index (χ1n) is 20.1. The molecule has 0 bridgehead atoms. The van der Waals surface area contributed by atoms with Gasteiger partial charge in [0.25, 0.3) is 0 Å². The SMILES string of the molecule is Cc1cc(C)c(N2CC(C)(C)N(c3ccccc3)C2/C(=C/c2ccccc2)[P+](C2CCCCC2)(C2CCCCC2)C2CCCCC2)c(C)c1. The van der Waals surface area contributed by atoms with E-state index in [4.69, 9.17) is 0 Å². The smallest absolute Gasteiger partial charge is 0.162 e. The highest BCUT2D eigenvalue weighted by atomic mass is 31.2. The van der Waals surface area contributed by atoms with Crippen LogP contribution in [0.25, 0.3) is 6.08 Å². The van der Waals surface area contributed by atoms with Gasteiger partial charge < -0.3 is 9.80 Å². The van der Waals surface area contributed by atoms with Crippen LogP contribution in [0.15, 0.2) is 78.1 Å². The van der Waals surface area contributed by atoms with E-state index in [1.165, 1.54) is 130 Å². The number of hydrogen-bond acceptors (Lipinski definition) is 2. The number of benzene rings is 3. The third-order valence-electron chi connectivity index (χ3n) is 13.1. The van der Waals surface area contributed by atoms with Gasteiger partial charge in [-0.05, 0) is 147 Å². The Hall–Kier alpha value is -2.57. The van der Waals surface area contributed by atoms with Crippen LogP contribution in [0.5, 0.6) is 0 Å². The second-order valence-corrected chi connectivity index (χ2v) is 21.3. The molecule has 4 aliphatic rings. The van der Waals surface area contributed by atoms with E-state index >= 15 is 0 Å². The van der Waals surface area contributed by atoms with E-state index in [0.717, 1.165) is 23.5 Å². The van der Waals surface area contributed by atoms with E-state index < -0.39 is 7.26 Å². The summed E-state index contributed by atoms with van der Waals surface area (Å²) < 4.78 is 0. The van der Waals surface area contributed by atoms with Crippen LogP contribution >= 0.6 is 7.26 Å². The van der Waals surface area contributed by atoms with Gasteiger partial charge in [-0.1, -0.05) is 85.5 Å². The minimum atomic E-state index is -1.68. The maximum atomic E-state index is 2.94. The molecule has 49 heavy (non-hydrogen) atoms. The lowest BCUT2D eigenvalue weighted by Gasteiger charge is -2.52. The number of hydrogen-bond donors (Lipinski definition) is 0. The van der Waals surface area contributed by atoms with Crippen LogP contribution in [0.1, 0.15) is 132 Å². The summed E-state index contributed by atoms with van der Waals surface area (Å²) in [5, 5.41) is 1.87. The maximum absolute atomic E-state index is 2.94. The van der Waals surface area contributed by atoms with E-state index in [9.17, 15) is 0 Å². The topological polar surface area (TPSA) is 6.48 Å². The third-order valence-corrected chi connectivity index (χ3v) is 19.5. The highest BCUT2D eigenvalue weighted by Gasteiger charge is 2.64. The van der Waals surface area contributed by atoms with Crippen LogP contribution in [0.4, 0.5) is 11.4 Å². The van der Waals surface area contributed by atoms with E-state index in [0.29, 0.717) is 0 Å². The average Bonchev–Trinajstić information content (AvgIpc) is 3.39. The van der Waals surface area contributed by atoms with Crippen LogP contribution in [0, 0.1) is 20.8 Å². The third kappa shape index (κ3) is 6.78. The van der Waals surface area contributed by atoms with Gasteiger partial charge in [0.15, 0.2) is 6.17 Å². The molecule has 0 aromatic heterocycles. The van der Waals surface area contributed by atoms with E-state index in [2.05, 4.69) is 123 Å². The first-order valence-corrected chi connectivity index (χ1v) is 22.1. The van der Waals surface area contributed by atoms with Crippen molar-refractivity contribution < 1.29 is 0 Å². The number of aryl methyl sites for hydroxylation is 3. The molecule has 2 nitrogen and oxygen atoms in total. The van der Waals surface area contributed by atoms with Crippen molar-refractivity contribution >= 4 is 24.7 Å². The van der Waals surface area contributed by atoms with Gasteiger partial charge in [0.1, 0.15) is 5.31 Å². The molecule has 3 heteroatoms. The Balaban J connectivity index is 1.56. The van der Waals surface area contributed by atoms with Gasteiger partial charge in [0, 0.05) is 17.9 Å². The zero-order valence-electron chi connectivity index (χ0n) is 31.5. The quantitative estimate of drug-likeness (QED) is 0.219. The second kappa shape index (κ2) is 15.0. The molecular weight excluding hydrogens is 611 g/mol. The van der Waals surface area contributed by atoms with Crippen molar-refractivity contribution in [2.75, 3.05) is 16.3 Å². The molecule has 7 rings (SSSR count). The molecule has 1 saturated heterocycles. The van der Waals surface area contributed by atoms with Gasteiger partial charge in [-0.25, -0.2) is 0 Å². The highest BCUT2D eigenvalue weighted by Crippen LogP contribution is 2.83. The van der Waals surface area contributed by atoms with Crippen LogP contribution in [0.3, 0.4) is 0 Å². The zero-order chi connectivity index (χ0) is 34.0. The fourth-order valence-corrected chi connectivity index (χ4v) is 19.1. The molecule has 0 spiro atoms. The Morgan fingerprint density at radius 2 is 1.08 bits per heavy atom. The molecular formula is C46H64N2P+. The van der Waals surface area contributed by atoms with Crippen molar-refractivity contribution in [1.82, 2.24) is 0 Å². The van der Waals surface area contributed by atoms with Gasteiger partial charge in [-0.2, -0.15) is 0 Å². The number of para-hydroxylation sites is 1. The van der Waals surface area contributed by atoms with Gasteiger partial charge in [0.05, 0.1) is 29.8 Å². The minimum absolute atomic E-state index is 0.0348. The number of rotatable bonds is 8. The van der Waals surface area contributed by atoms with Crippen LogP contribution in [-0.2, 0) is 0 Å². The summed E-state index contributed by atoms with van der Waals surface area (Å²) in [7, 11) is -1.68. The summed E-state index contributed by atoms with van der Waals surface area (Å²) >= 11 is 0. The van der Waals surface area contributed by atoms with E-state index in [1.807, 2.05) is 5.31 Å². The Morgan fingerprint density at radius 3 is 1.55 bits per heavy atom. The average molecular weight is 676 g/mol. The van der Waals surface area contributed by atoms with Crippen molar-refractivity contribution in [2.45, 2.75) is 160 Å². The highest BCUT2D eigenvalue weighted by molar-refractivity contribution is 7.82. The molecule has 1 aliphatic heterocycles. The molecule has 0 radical (unpaired) electrons. The first kappa shape index (κ1) is 34.9. The van der Waals surface area contributed by atoms with Gasteiger partial charge in [-0.15, -0.1) is 0 Å². The van der Waals surface area contributed by atoms with Crippen molar-refractivity contribution in [1.29, 1.82) is 0 Å². The largest absolute Gasteiger partial charge is 0.342 e. The van der Waals surface area contributed by atoms with Crippen LogP contribution < -0.4 is 9.80 Å². The fraction of sp³-hybridized carbons (Fsp3) is 0.565. The molecule has 3 aliphatic carbocycles. The molecule has 1 atom stereocenters. The number of nitrogens with zero attached hydrogens (tertiary/aromatic N) is 2. The van der Waals surface area contributed by atoms with E-state index in [-0.39, 0.29) is 11.7 Å². The van der Waals surface area contributed by atoms with Gasteiger partial charge >= 0.3 is 0 Å². The minimum Gasteiger partial charge on any atom is -0.342 e. The Labute approximate surface area is 300 Å². The predicted octanol–water partition coefficient (Wildman–Crippen LogP) is 13.1. The molecule has 1 heterocycles. The van der Waals surface area contributed by atoms with Crippen LogP contribution in [-0.4, -0.2) is 35.2 Å². The summed E-state index contributed by atoms with van der Waals surface area (Å²) in [4.78, 5) is 5.86. The maximum Gasteiger partial charge on any atom is 0.162 e. The second-order valence-electron chi connectivity index (χ2n) is 17.0. The summed E-state index contributed by atoms with van der Waals surface area (Å²) in [5.41, 5.74) is 11.1. The van der Waals surface area contributed by atoms with Crippen molar-refractivity contribution in [3.8, 4) is 0 Å². The number of anilines is 2. The van der Waals surface area contributed by atoms with Crippen LogP contribution in [0.2, 0.25) is 0 Å². The van der Waals surface area contributed by atoms with E-state index in [1.54, 1.807) is 0 Å². The Kier molecular flexibility index (Phi) is 10.6. The molecule has 3 aromatic carbocycles. The summed E-state index contributed by atoms with van der Waals surface area (Å²) in [6.45, 7) is 13.2. The molecule has 4 fully saturated rings. The molecule has 1 unspecified atom stereocenters. The zero-order valence-corrected chi connectivity index (χ0v) is 32.4. The van der Waals surface area contributed by atoms with Crippen molar-refractivity contribution in [3.05, 3.63) is 100 Å². The summed E-state index contributed by atoms with van der Waals surface area (Å²) in [5.74, 6) is 0. The lowest BCUT2D eigenvalue weighted by atomic mass is 9.98. The Morgan fingerprint density at radius 1 is 0.633 bits per heavy atom. The van der Waals surface area contributed by atoms with Gasteiger partial charge in [0.2, 0.25) is 0 Å². The predicted molar refractivity (Wildman–Crippen MR) is 217 cm³/mol. The standard InChI is InChI=1S/C46H64N2P/c1-35-31-36(2)44(37(3)32-35)47-34-46(4,5)48(39-23-13-7-14-24-39)45(47)43(33-38-21-11-6-12-22-38)49(40-25-15-8-16-26-40,41-27-17-9-18-28-41)42-29-19-10-20-30-42/h6-7,11-14,21-24,31-33,40-42,45H,8-10,15-20,25-30,34H2,1-5H3/q+1/b43-33-. The molecule has 0 N–H and O–H groups in total. The first-order chi connectivity index (χ1) is 23.8. The normalized spacial score (nSPS) is 23.3. The fourth-order valence-electron chi connectivity index (χ4n) is 11.4. The molecule has 3 saturated carbocycles. The van der Waals surface area contributed by atoms with Crippen molar-refractivity contribution in [3.63, 3.8) is 0 Å². The monoisotopic (exact) mass is 675 g/mol.